The molecule has 2 aliphatic rings. The minimum absolute atomic E-state index is 0.0496. The Balaban J connectivity index is 1.22. The van der Waals surface area contributed by atoms with E-state index < -0.39 is 17.8 Å². The van der Waals surface area contributed by atoms with Crippen molar-refractivity contribution in [1.82, 2.24) is 34.7 Å². The predicted molar refractivity (Wildman–Crippen MR) is 146 cm³/mol. The number of benzene rings is 2. The van der Waals surface area contributed by atoms with Crippen molar-refractivity contribution in [3.05, 3.63) is 98.2 Å². The van der Waals surface area contributed by atoms with Gasteiger partial charge in [0.2, 0.25) is 11.5 Å². The molecule has 0 radical (unpaired) electrons. The Labute approximate surface area is 239 Å². The van der Waals surface area contributed by atoms with Gasteiger partial charge in [0, 0.05) is 39.2 Å². The molecular formula is C28H17Cl2F2N7O2. The molecule has 1 fully saturated rings. The van der Waals surface area contributed by atoms with Crippen LogP contribution in [-0.2, 0) is 0 Å². The highest BCUT2D eigenvalue weighted by Gasteiger charge is 2.54. The number of aromatic amines is 1. The maximum Gasteiger partial charge on any atom is 0.252 e. The fourth-order valence-electron chi connectivity index (χ4n) is 6.02. The number of halogens is 4. The number of aromatic nitrogens is 7. The number of imidazole rings is 1. The predicted octanol–water partition coefficient (Wildman–Crippen LogP) is 6.23. The average Bonchev–Trinajstić information content (AvgIpc) is 3.21. The van der Waals surface area contributed by atoms with Gasteiger partial charge >= 0.3 is 0 Å². The van der Waals surface area contributed by atoms with Gasteiger partial charge in [0.1, 0.15) is 11.5 Å². The number of hydrogen-bond acceptors (Lipinski definition) is 6. The van der Waals surface area contributed by atoms with Crippen LogP contribution in [0, 0.1) is 24.6 Å². The van der Waals surface area contributed by atoms with E-state index in [4.69, 9.17) is 27.7 Å². The molecule has 5 heterocycles. The number of pyridine rings is 1. The Kier molecular flexibility index (Phi) is 5.11. The highest BCUT2D eigenvalue weighted by Crippen LogP contribution is 2.60. The SMILES string of the molecule is Cc1noc2c(F)c(-c3nc(C4C5CC5c5cc(-c6cc(Cl)ccc6-n6cc(Cl)nn6)cc(=O)n54)[nH]c3F)ccc12. The normalized spacial score (nSPS) is 19.1. The smallest absolute Gasteiger partial charge is 0.252 e. The number of fused-ring (bicyclic) bond motifs is 4. The zero-order valence-electron chi connectivity index (χ0n) is 21.1. The molecule has 4 aromatic heterocycles. The highest BCUT2D eigenvalue weighted by molar-refractivity contribution is 6.31. The van der Waals surface area contributed by atoms with Gasteiger partial charge in [-0.15, -0.1) is 5.10 Å². The van der Waals surface area contributed by atoms with E-state index in [9.17, 15) is 4.79 Å². The Morgan fingerprint density at radius 3 is 2.76 bits per heavy atom. The van der Waals surface area contributed by atoms with Gasteiger partial charge in [-0.1, -0.05) is 33.6 Å². The van der Waals surface area contributed by atoms with Crippen LogP contribution in [0.15, 0.2) is 58.0 Å². The number of aryl methyl sites for hydroxylation is 1. The lowest BCUT2D eigenvalue weighted by Crippen LogP contribution is -2.26. The first kappa shape index (κ1) is 24.4. The zero-order valence-corrected chi connectivity index (χ0v) is 22.6. The fourth-order valence-corrected chi connectivity index (χ4v) is 6.32. The summed E-state index contributed by atoms with van der Waals surface area (Å²) in [5, 5.41) is 12.9. The van der Waals surface area contributed by atoms with E-state index in [1.54, 1.807) is 42.0 Å². The molecule has 9 nitrogen and oxygen atoms in total. The largest absolute Gasteiger partial charge is 0.353 e. The summed E-state index contributed by atoms with van der Waals surface area (Å²) in [6.07, 6.45) is 2.37. The van der Waals surface area contributed by atoms with Crippen molar-refractivity contribution < 1.29 is 13.3 Å². The van der Waals surface area contributed by atoms with Crippen LogP contribution >= 0.6 is 23.2 Å². The van der Waals surface area contributed by atoms with Gasteiger partial charge in [-0.05, 0) is 61.2 Å². The van der Waals surface area contributed by atoms with E-state index >= 15 is 8.78 Å². The third-order valence-electron chi connectivity index (χ3n) is 7.96. The van der Waals surface area contributed by atoms with Gasteiger partial charge in [0.25, 0.3) is 5.56 Å². The monoisotopic (exact) mass is 591 g/mol. The minimum Gasteiger partial charge on any atom is -0.353 e. The second kappa shape index (κ2) is 8.58. The first-order chi connectivity index (χ1) is 19.8. The summed E-state index contributed by atoms with van der Waals surface area (Å²) in [4.78, 5) is 20.8. The van der Waals surface area contributed by atoms with Crippen molar-refractivity contribution in [2.75, 3.05) is 0 Å². The van der Waals surface area contributed by atoms with Gasteiger partial charge in [-0.2, -0.15) is 4.39 Å². The molecule has 3 unspecified atom stereocenters. The summed E-state index contributed by atoms with van der Waals surface area (Å²) >= 11 is 12.3. The summed E-state index contributed by atoms with van der Waals surface area (Å²) in [7, 11) is 0. The van der Waals surface area contributed by atoms with Crippen LogP contribution in [-0.4, -0.2) is 34.7 Å². The zero-order chi connectivity index (χ0) is 28.2. The van der Waals surface area contributed by atoms with Crippen LogP contribution in [0.1, 0.15) is 35.6 Å². The maximum absolute atomic E-state index is 15.3. The molecule has 0 spiro atoms. The fraction of sp³-hybridized carbons (Fsp3) is 0.179. The van der Waals surface area contributed by atoms with Crippen molar-refractivity contribution in [1.29, 1.82) is 0 Å². The van der Waals surface area contributed by atoms with Crippen molar-refractivity contribution in [2.45, 2.75) is 25.3 Å². The Morgan fingerprint density at radius 1 is 1.10 bits per heavy atom. The van der Waals surface area contributed by atoms with Gasteiger partial charge in [-0.25, -0.2) is 14.1 Å². The molecule has 0 saturated heterocycles. The first-order valence-corrected chi connectivity index (χ1v) is 13.5. The lowest BCUT2D eigenvalue weighted by Gasteiger charge is -2.17. The number of hydrogen-bond donors (Lipinski definition) is 1. The molecule has 1 aliphatic carbocycles. The number of rotatable bonds is 4. The van der Waals surface area contributed by atoms with Gasteiger partial charge < -0.3 is 14.1 Å². The van der Waals surface area contributed by atoms with E-state index in [1.165, 1.54) is 16.8 Å². The van der Waals surface area contributed by atoms with Gasteiger partial charge in [-0.3, -0.25) is 4.79 Å². The van der Waals surface area contributed by atoms with Crippen LogP contribution in [0.3, 0.4) is 0 Å². The highest BCUT2D eigenvalue weighted by atomic mass is 35.5. The van der Waals surface area contributed by atoms with E-state index in [0.717, 1.165) is 12.1 Å². The maximum atomic E-state index is 15.3. The van der Waals surface area contributed by atoms with E-state index in [0.29, 0.717) is 32.9 Å². The van der Waals surface area contributed by atoms with Crippen LogP contribution in [0.25, 0.3) is 39.0 Å². The molecule has 1 aliphatic heterocycles. The molecular weight excluding hydrogens is 575 g/mol. The van der Waals surface area contributed by atoms with Crippen molar-refractivity contribution >= 4 is 34.2 Å². The van der Waals surface area contributed by atoms with E-state index in [-0.39, 0.29) is 45.2 Å². The minimum atomic E-state index is -0.792. The summed E-state index contributed by atoms with van der Waals surface area (Å²) < 4.78 is 38.8. The molecule has 41 heavy (non-hydrogen) atoms. The first-order valence-electron chi connectivity index (χ1n) is 12.7. The van der Waals surface area contributed by atoms with Crippen molar-refractivity contribution in [3.8, 4) is 28.1 Å². The lowest BCUT2D eigenvalue weighted by molar-refractivity contribution is 0.435. The van der Waals surface area contributed by atoms with Crippen LogP contribution in [0.5, 0.6) is 0 Å². The summed E-state index contributed by atoms with van der Waals surface area (Å²) in [5.41, 5.74) is 2.76. The third-order valence-corrected chi connectivity index (χ3v) is 8.37. The van der Waals surface area contributed by atoms with E-state index in [2.05, 4.69) is 25.4 Å². The molecule has 3 atom stereocenters. The molecule has 0 bridgehead atoms. The topological polar surface area (TPSA) is 107 Å². The Morgan fingerprint density at radius 2 is 1.95 bits per heavy atom. The quantitative estimate of drug-likeness (QED) is 0.260. The molecule has 1 N–H and O–H groups in total. The Hall–Kier alpha value is -4.35. The average molecular weight is 592 g/mol. The Bertz CT molecular complexity index is 2110. The number of nitrogens with one attached hydrogen (secondary N) is 1. The van der Waals surface area contributed by atoms with E-state index in [1.807, 2.05) is 6.07 Å². The molecule has 13 heteroatoms. The molecule has 0 amide bonds. The van der Waals surface area contributed by atoms with Crippen molar-refractivity contribution in [3.63, 3.8) is 0 Å². The number of H-pyrrole nitrogens is 1. The second-order valence-corrected chi connectivity index (χ2v) is 11.2. The molecule has 8 rings (SSSR count). The lowest BCUT2D eigenvalue weighted by atomic mass is 10.0. The van der Waals surface area contributed by atoms with Gasteiger partial charge in [0.05, 0.1) is 23.6 Å². The molecule has 2 aromatic carbocycles. The van der Waals surface area contributed by atoms with Crippen LogP contribution in [0.4, 0.5) is 8.78 Å². The molecule has 6 aromatic rings. The van der Waals surface area contributed by atoms with Crippen LogP contribution < -0.4 is 5.56 Å². The molecule has 1 saturated carbocycles. The van der Waals surface area contributed by atoms with Gasteiger partial charge in [0.15, 0.2) is 11.0 Å². The van der Waals surface area contributed by atoms with Crippen molar-refractivity contribution in [2.24, 2.45) is 5.92 Å². The third kappa shape index (κ3) is 3.62. The second-order valence-electron chi connectivity index (χ2n) is 10.3. The van der Waals surface area contributed by atoms with Crippen LogP contribution in [0.2, 0.25) is 10.2 Å². The summed E-state index contributed by atoms with van der Waals surface area (Å²) in [5.74, 6) is -1.14. The standard InChI is InChI=1S/C28H17Cl2F2N7O2/c1-11-14-3-4-15(23(31)26(14)41-36-11)24-27(32)34-28(33-24)25-18-9-17(18)20-6-12(7-22(40)39(20)25)16-8-13(29)2-5-19(16)38-10-21(30)35-37-38/h2-8,10,17-18,25H,9H2,1H3,(H,33,34). The summed E-state index contributed by atoms with van der Waals surface area (Å²) in [6.45, 7) is 1.70. The number of nitrogens with zero attached hydrogens (tertiary/aromatic N) is 6. The molecule has 204 valence electrons. The summed E-state index contributed by atoms with van der Waals surface area (Å²) in [6, 6.07) is 11.3.